The van der Waals surface area contributed by atoms with Gasteiger partial charge in [0.1, 0.15) is 0 Å². The average molecular weight is 233 g/mol. The van der Waals surface area contributed by atoms with Crippen LogP contribution in [0.2, 0.25) is 0 Å². The van der Waals surface area contributed by atoms with Crippen molar-refractivity contribution in [3.8, 4) is 0 Å². The van der Waals surface area contributed by atoms with Crippen LogP contribution in [0.25, 0.3) is 0 Å². The Labute approximate surface area is 100 Å². The molecule has 1 heterocycles. The van der Waals surface area contributed by atoms with Gasteiger partial charge < -0.3 is 4.90 Å². The minimum absolute atomic E-state index is 0.250. The lowest BCUT2D eigenvalue weighted by atomic mass is 9.97. The van der Waals surface area contributed by atoms with Crippen molar-refractivity contribution in [1.82, 2.24) is 4.90 Å². The lowest BCUT2D eigenvalue weighted by Crippen LogP contribution is -2.18. The number of carbonyl (C=O) groups excluding carboxylic acids is 3. The Morgan fingerprint density at radius 1 is 1.24 bits per heavy atom. The highest BCUT2D eigenvalue weighted by Gasteiger charge is 2.27. The van der Waals surface area contributed by atoms with Crippen LogP contribution in [0.1, 0.15) is 23.5 Å². The minimum atomic E-state index is 0.250. The van der Waals surface area contributed by atoms with Crippen molar-refractivity contribution in [2.75, 3.05) is 13.6 Å². The molecular weight excluding hydrogens is 218 g/mol. The van der Waals surface area contributed by atoms with E-state index >= 15 is 0 Å². The van der Waals surface area contributed by atoms with Gasteiger partial charge in [0, 0.05) is 25.9 Å². The molecule has 1 aliphatic heterocycles. The van der Waals surface area contributed by atoms with Gasteiger partial charge in [0.05, 0.1) is 0 Å². The van der Waals surface area contributed by atoms with Crippen LogP contribution in [-0.4, -0.2) is 30.6 Å². The minimum Gasteiger partial charge on any atom is -0.345 e. The Morgan fingerprint density at radius 2 is 1.76 bits per heavy atom. The van der Waals surface area contributed by atoms with Gasteiger partial charge in [-0.3, -0.25) is 4.79 Å². The van der Waals surface area contributed by atoms with E-state index in [0.29, 0.717) is 12.3 Å². The van der Waals surface area contributed by atoms with Gasteiger partial charge in [0.15, 0.2) is 0 Å². The number of carbonyl (C=O) groups is 1. The van der Waals surface area contributed by atoms with E-state index in [2.05, 4.69) is 31.2 Å². The van der Waals surface area contributed by atoms with Gasteiger partial charge >= 0.3 is 6.15 Å². The number of aryl methyl sites for hydroxylation is 1. The third-order valence-corrected chi connectivity index (χ3v) is 2.89. The van der Waals surface area contributed by atoms with Gasteiger partial charge in [-0.2, -0.15) is 9.59 Å². The van der Waals surface area contributed by atoms with E-state index in [0.717, 1.165) is 6.54 Å². The molecule has 0 aromatic heterocycles. The zero-order valence-corrected chi connectivity index (χ0v) is 9.97. The molecule has 0 N–H and O–H groups in total. The van der Waals surface area contributed by atoms with E-state index in [-0.39, 0.29) is 12.1 Å². The van der Waals surface area contributed by atoms with E-state index in [1.54, 1.807) is 0 Å². The van der Waals surface area contributed by atoms with E-state index in [1.807, 2.05) is 11.9 Å². The standard InChI is InChI=1S/C12H15NO.CO2/c1-9-3-5-10(6-4-9)11-7-12(14)13(2)8-11;2-1-3/h3-6,11H,7-8H2,1-2H3;/t11-;/m1./s1. The molecular formula is C13H15NO3. The van der Waals surface area contributed by atoms with Crippen LogP contribution < -0.4 is 0 Å². The topological polar surface area (TPSA) is 54.5 Å². The van der Waals surface area contributed by atoms with Crippen molar-refractivity contribution in [2.24, 2.45) is 0 Å². The van der Waals surface area contributed by atoms with Gasteiger partial charge in [-0.05, 0) is 12.5 Å². The lowest BCUT2D eigenvalue weighted by Gasteiger charge is -2.10. The molecule has 1 fully saturated rings. The van der Waals surface area contributed by atoms with Crippen LogP contribution in [0, 0.1) is 6.92 Å². The summed E-state index contributed by atoms with van der Waals surface area (Å²) >= 11 is 0. The first-order chi connectivity index (χ1) is 8.08. The summed E-state index contributed by atoms with van der Waals surface area (Å²) in [5.41, 5.74) is 2.56. The maximum atomic E-state index is 11.4. The Morgan fingerprint density at radius 3 is 2.18 bits per heavy atom. The van der Waals surface area contributed by atoms with Crippen molar-refractivity contribution < 1.29 is 14.4 Å². The first kappa shape index (κ1) is 13.1. The molecule has 0 aliphatic carbocycles. The Balaban J connectivity index is 0.000000437. The van der Waals surface area contributed by atoms with Crippen molar-refractivity contribution in [3.63, 3.8) is 0 Å². The molecule has 2 rings (SSSR count). The summed E-state index contributed by atoms with van der Waals surface area (Å²) in [5, 5.41) is 0. The predicted molar refractivity (Wildman–Crippen MR) is 61.2 cm³/mol. The van der Waals surface area contributed by atoms with Crippen LogP contribution in [-0.2, 0) is 14.4 Å². The van der Waals surface area contributed by atoms with Crippen LogP contribution in [0.4, 0.5) is 0 Å². The normalized spacial score (nSPS) is 18.4. The Bertz CT molecular complexity index is 419. The van der Waals surface area contributed by atoms with Crippen molar-refractivity contribution in [2.45, 2.75) is 19.3 Å². The number of nitrogens with zero attached hydrogens (tertiary/aromatic N) is 1. The van der Waals surface area contributed by atoms with E-state index in [9.17, 15) is 4.79 Å². The molecule has 1 amide bonds. The molecule has 0 bridgehead atoms. The fraction of sp³-hybridized carbons (Fsp3) is 0.385. The molecule has 1 aliphatic rings. The molecule has 17 heavy (non-hydrogen) atoms. The average Bonchev–Trinajstić information content (AvgIpc) is 2.61. The zero-order valence-electron chi connectivity index (χ0n) is 9.97. The summed E-state index contributed by atoms with van der Waals surface area (Å²) < 4.78 is 0. The fourth-order valence-corrected chi connectivity index (χ4v) is 1.93. The molecule has 4 heteroatoms. The van der Waals surface area contributed by atoms with Crippen LogP contribution in [0.3, 0.4) is 0 Å². The second-order valence-corrected chi connectivity index (χ2v) is 4.17. The van der Waals surface area contributed by atoms with Gasteiger partial charge in [-0.15, -0.1) is 0 Å². The second kappa shape index (κ2) is 5.97. The van der Waals surface area contributed by atoms with Crippen LogP contribution >= 0.6 is 0 Å². The van der Waals surface area contributed by atoms with Gasteiger partial charge in [0.25, 0.3) is 0 Å². The first-order valence-electron chi connectivity index (χ1n) is 5.38. The summed E-state index contributed by atoms with van der Waals surface area (Å²) in [4.78, 5) is 29.4. The largest absolute Gasteiger partial charge is 0.373 e. The third kappa shape index (κ3) is 3.54. The smallest absolute Gasteiger partial charge is 0.345 e. The number of hydrogen-bond acceptors (Lipinski definition) is 3. The summed E-state index contributed by atoms with van der Waals surface area (Å²) in [6.07, 6.45) is 0.916. The predicted octanol–water partition coefficient (Wildman–Crippen LogP) is 1.36. The Kier molecular flexibility index (Phi) is 4.61. The number of amides is 1. The summed E-state index contributed by atoms with van der Waals surface area (Å²) in [7, 11) is 1.87. The molecule has 0 spiro atoms. The van der Waals surface area contributed by atoms with Crippen molar-refractivity contribution >= 4 is 12.1 Å². The third-order valence-electron chi connectivity index (χ3n) is 2.89. The quantitative estimate of drug-likeness (QED) is 0.736. The molecule has 4 nitrogen and oxygen atoms in total. The van der Waals surface area contributed by atoms with E-state index < -0.39 is 0 Å². The van der Waals surface area contributed by atoms with Crippen LogP contribution in [0.5, 0.6) is 0 Å². The SMILES string of the molecule is Cc1ccc([C@@H]2CC(=O)N(C)C2)cc1.O=C=O. The Hall–Kier alpha value is -1.93. The number of rotatable bonds is 1. The second-order valence-electron chi connectivity index (χ2n) is 4.17. The molecule has 1 aromatic carbocycles. The molecule has 0 radical (unpaired) electrons. The number of hydrogen-bond donors (Lipinski definition) is 0. The highest BCUT2D eigenvalue weighted by Crippen LogP contribution is 2.26. The zero-order chi connectivity index (χ0) is 12.8. The maximum Gasteiger partial charge on any atom is 0.373 e. The molecule has 0 saturated carbocycles. The first-order valence-corrected chi connectivity index (χ1v) is 5.38. The van der Waals surface area contributed by atoms with Gasteiger partial charge in [-0.25, -0.2) is 0 Å². The molecule has 1 aromatic rings. The molecule has 1 atom stereocenters. The van der Waals surface area contributed by atoms with Gasteiger partial charge in [0.2, 0.25) is 5.91 Å². The van der Waals surface area contributed by atoms with Gasteiger partial charge in [-0.1, -0.05) is 29.8 Å². The van der Waals surface area contributed by atoms with Crippen molar-refractivity contribution in [1.29, 1.82) is 0 Å². The summed E-state index contributed by atoms with van der Waals surface area (Å²) in [6.45, 7) is 2.94. The monoisotopic (exact) mass is 233 g/mol. The van der Waals surface area contributed by atoms with Crippen molar-refractivity contribution in [3.05, 3.63) is 35.4 Å². The van der Waals surface area contributed by atoms with E-state index in [4.69, 9.17) is 9.59 Å². The lowest BCUT2D eigenvalue weighted by molar-refractivity contribution is -0.191. The molecule has 90 valence electrons. The highest BCUT2D eigenvalue weighted by molar-refractivity contribution is 5.79. The number of likely N-dealkylation sites (N-methyl/N-ethyl adjacent to an activating group) is 1. The molecule has 1 saturated heterocycles. The number of likely N-dealkylation sites (tertiary alicyclic amines) is 1. The highest BCUT2D eigenvalue weighted by atomic mass is 16.2. The fourth-order valence-electron chi connectivity index (χ4n) is 1.93. The maximum absolute atomic E-state index is 11.4. The summed E-state index contributed by atoms with van der Waals surface area (Å²) in [5.74, 6) is 0.656. The van der Waals surface area contributed by atoms with Crippen LogP contribution in [0.15, 0.2) is 24.3 Å². The molecule has 0 unspecified atom stereocenters. The van der Waals surface area contributed by atoms with E-state index in [1.165, 1.54) is 11.1 Å². The number of benzene rings is 1. The summed E-state index contributed by atoms with van der Waals surface area (Å²) in [6, 6.07) is 8.48.